The van der Waals surface area contributed by atoms with Gasteiger partial charge in [-0.25, -0.2) is 0 Å². The molecule has 0 N–H and O–H groups in total. The van der Waals surface area contributed by atoms with Crippen molar-refractivity contribution in [2.75, 3.05) is 0 Å². The molecule has 1 aliphatic rings. The van der Waals surface area contributed by atoms with Gasteiger partial charge in [0.15, 0.2) is 0 Å². The number of hydrogen-bond acceptors (Lipinski definition) is 2. The lowest BCUT2D eigenvalue weighted by atomic mass is 10.1. The molecule has 0 aromatic heterocycles. The minimum atomic E-state index is -1.54. The molecule has 0 saturated carbocycles. The summed E-state index contributed by atoms with van der Waals surface area (Å²) in [6.45, 7) is 13.2. The Bertz CT molecular complexity index is 274. The molecule has 92 valence electrons. The van der Waals surface area contributed by atoms with Gasteiger partial charge in [-0.3, -0.25) is 0 Å². The first-order chi connectivity index (χ1) is 7.17. The maximum absolute atomic E-state index is 6.07. The topological polar surface area (TPSA) is 18.5 Å². The lowest BCUT2D eigenvalue weighted by Gasteiger charge is -2.29. The molecule has 0 radical (unpaired) electrons. The first kappa shape index (κ1) is 13.6. The van der Waals surface area contributed by atoms with Gasteiger partial charge >= 0.3 is 0 Å². The van der Waals surface area contributed by atoms with Gasteiger partial charge in [-0.1, -0.05) is 0 Å². The summed E-state index contributed by atoms with van der Waals surface area (Å²) in [6.07, 6.45) is 6.48. The van der Waals surface area contributed by atoms with E-state index in [9.17, 15) is 0 Å². The summed E-state index contributed by atoms with van der Waals surface area (Å²) in [5.74, 6) is 1.96. The van der Waals surface area contributed by atoms with E-state index in [1.807, 2.05) is 0 Å². The molecule has 0 atom stereocenters. The largest absolute Gasteiger partial charge is 0.542 e. The number of hydrogen-bond donors (Lipinski definition) is 0. The molecule has 2 nitrogen and oxygen atoms in total. The molecular weight excluding hydrogens is 232 g/mol. The van der Waals surface area contributed by atoms with Crippen LogP contribution in [0.15, 0.2) is 23.7 Å². The van der Waals surface area contributed by atoms with E-state index in [0.717, 1.165) is 24.4 Å². The number of rotatable bonds is 4. The Hall–Kier alpha value is -0.486. The Morgan fingerprint density at radius 3 is 1.31 bits per heavy atom. The minimum Gasteiger partial charge on any atom is -0.542 e. The van der Waals surface area contributed by atoms with E-state index < -0.39 is 16.6 Å². The molecule has 0 spiro atoms. The molecule has 0 saturated heterocycles. The van der Waals surface area contributed by atoms with E-state index >= 15 is 0 Å². The molecule has 0 bridgehead atoms. The van der Waals surface area contributed by atoms with Crippen molar-refractivity contribution in [1.29, 1.82) is 0 Å². The van der Waals surface area contributed by atoms with Gasteiger partial charge in [-0.05, 0) is 64.3 Å². The minimum absolute atomic E-state index is 0.979. The van der Waals surface area contributed by atoms with Crippen LogP contribution >= 0.6 is 0 Å². The molecule has 4 heteroatoms. The van der Waals surface area contributed by atoms with Crippen LogP contribution in [-0.2, 0) is 8.85 Å². The van der Waals surface area contributed by atoms with Crippen molar-refractivity contribution in [2.45, 2.75) is 52.1 Å². The van der Waals surface area contributed by atoms with Crippen LogP contribution in [0.25, 0.3) is 0 Å². The third-order valence-corrected chi connectivity index (χ3v) is 3.57. The van der Waals surface area contributed by atoms with Crippen LogP contribution < -0.4 is 0 Å². The van der Waals surface area contributed by atoms with Crippen LogP contribution in [0, 0.1) is 0 Å². The summed E-state index contributed by atoms with van der Waals surface area (Å²) < 4.78 is 12.1. The monoisotopic (exact) mass is 256 g/mol. The van der Waals surface area contributed by atoms with Crippen molar-refractivity contribution in [3.63, 3.8) is 0 Å². The summed E-state index contributed by atoms with van der Waals surface area (Å²) in [5.41, 5.74) is 0. The molecule has 0 amide bonds. The molecule has 0 unspecified atom stereocenters. The summed E-state index contributed by atoms with van der Waals surface area (Å²) in [7, 11) is -3.07. The maximum atomic E-state index is 6.07. The zero-order valence-electron chi connectivity index (χ0n) is 11.4. The van der Waals surface area contributed by atoms with Crippen molar-refractivity contribution < 1.29 is 8.85 Å². The Balaban J connectivity index is 2.75. The van der Waals surface area contributed by atoms with E-state index in [-0.39, 0.29) is 0 Å². The fourth-order valence-electron chi connectivity index (χ4n) is 1.47. The fourth-order valence-corrected chi connectivity index (χ4v) is 3.16. The first-order valence-electron chi connectivity index (χ1n) is 5.96. The standard InChI is InChI=1S/C12H24O2Si2/c1-15(2,3)13-11-9-7-8-10-12(11)14-16(4,5)6/h9-10H,7-8H2,1-6H3. The fraction of sp³-hybridized carbons (Fsp3) is 0.667. The van der Waals surface area contributed by atoms with Gasteiger partial charge in [-0.2, -0.15) is 0 Å². The van der Waals surface area contributed by atoms with E-state index in [1.54, 1.807) is 0 Å². The SMILES string of the molecule is C[Si](C)(C)OC1=CCCC=C1O[Si](C)(C)C. The molecular formula is C12H24O2Si2. The van der Waals surface area contributed by atoms with Gasteiger partial charge in [-0.15, -0.1) is 0 Å². The Morgan fingerprint density at radius 1 is 0.750 bits per heavy atom. The zero-order valence-corrected chi connectivity index (χ0v) is 13.4. The van der Waals surface area contributed by atoms with E-state index in [2.05, 4.69) is 51.4 Å². The van der Waals surface area contributed by atoms with Gasteiger partial charge in [0, 0.05) is 0 Å². The van der Waals surface area contributed by atoms with Crippen LogP contribution in [-0.4, -0.2) is 16.6 Å². The average Bonchev–Trinajstić information content (AvgIpc) is 2.03. The van der Waals surface area contributed by atoms with Crippen molar-refractivity contribution in [1.82, 2.24) is 0 Å². The molecule has 16 heavy (non-hydrogen) atoms. The van der Waals surface area contributed by atoms with Crippen molar-refractivity contribution in [3.8, 4) is 0 Å². The second-order valence-corrected chi connectivity index (χ2v) is 15.0. The second-order valence-electron chi connectivity index (χ2n) is 6.14. The van der Waals surface area contributed by atoms with Crippen LogP contribution in [0.2, 0.25) is 39.3 Å². The quantitative estimate of drug-likeness (QED) is 0.700. The molecule has 0 fully saturated rings. The Kier molecular flexibility index (Phi) is 4.07. The second kappa shape index (κ2) is 4.79. The predicted octanol–water partition coefficient (Wildman–Crippen LogP) is 4.25. The Labute approximate surface area is 102 Å². The summed E-state index contributed by atoms with van der Waals surface area (Å²) >= 11 is 0. The number of allylic oxidation sites excluding steroid dienone is 2. The molecule has 0 aromatic rings. The normalized spacial score (nSPS) is 17.6. The summed E-state index contributed by atoms with van der Waals surface area (Å²) in [4.78, 5) is 0. The van der Waals surface area contributed by atoms with E-state index in [1.165, 1.54) is 0 Å². The molecule has 1 rings (SSSR count). The highest BCUT2D eigenvalue weighted by Gasteiger charge is 2.25. The molecule has 1 aliphatic carbocycles. The van der Waals surface area contributed by atoms with Gasteiger partial charge in [0.25, 0.3) is 0 Å². The predicted molar refractivity (Wildman–Crippen MR) is 74.3 cm³/mol. The zero-order chi connectivity index (χ0) is 12.4. The highest BCUT2D eigenvalue weighted by atomic mass is 28.4. The summed E-state index contributed by atoms with van der Waals surface area (Å²) in [6, 6.07) is 0. The maximum Gasteiger partial charge on any atom is 0.242 e. The molecule has 0 heterocycles. The highest BCUT2D eigenvalue weighted by Crippen LogP contribution is 2.26. The average molecular weight is 256 g/mol. The van der Waals surface area contributed by atoms with Gasteiger partial charge in [0.1, 0.15) is 11.5 Å². The third-order valence-electron chi connectivity index (χ3n) is 1.90. The van der Waals surface area contributed by atoms with Gasteiger partial charge < -0.3 is 8.85 Å². The first-order valence-corrected chi connectivity index (χ1v) is 12.8. The van der Waals surface area contributed by atoms with E-state index in [0.29, 0.717) is 0 Å². The summed E-state index contributed by atoms with van der Waals surface area (Å²) in [5, 5.41) is 0. The Morgan fingerprint density at radius 2 is 1.06 bits per heavy atom. The smallest absolute Gasteiger partial charge is 0.242 e. The lowest BCUT2D eigenvalue weighted by molar-refractivity contribution is 0.335. The van der Waals surface area contributed by atoms with Crippen LogP contribution in [0.5, 0.6) is 0 Å². The van der Waals surface area contributed by atoms with Crippen molar-refractivity contribution in [2.24, 2.45) is 0 Å². The van der Waals surface area contributed by atoms with E-state index in [4.69, 9.17) is 8.85 Å². The van der Waals surface area contributed by atoms with Crippen molar-refractivity contribution >= 4 is 16.6 Å². The molecule has 0 aromatic carbocycles. The van der Waals surface area contributed by atoms with Gasteiger partial charge in [0.05, 0.1) is 0 Å². The third kappa shape index (κ3) is 5.03. The highest BCUT2D eigenvalue weighted by molar-refractivity contribution is 6.70. The van der Waals surface area contributed by atoms with Crippen LogP contribution in [0.1, 0.15) is 12.8 Å². The van der Waals surface area contributed by atoms with Crippen LogP contribution in [0.4, 0.5) is 0 Å². The lowest BCUT2D eigenvalue weighted by Crippen LogP contribution is -2.30. The van der Waals surface area contributed by atoms with Gasteiger partial charge in [0.2, 0.25) is 16.6 Å². The van der Waals surface area contributed by atoms with Crippen LogP contribution in [0.3, 0.4) is 0 Å². The van der Waals surface area contributed by atoms with Crippen molar-refractivity contribution in [3.05, 3.63) is 23.7 Å². The molecule has 0 aliphatic heterocycles.